The minimum Gasteiger partial charge on any atom is -0.348 e. The Hall–Kier alpha value is -0.340. The molecule has 2 aliphatic heterocycles. The molecule has 26 heavy (non-hydrogen) atoms. The average Bonchev–Trinajstić information content (AvgIpc) is 2.40. The number of ether oxygens (including phenoxy) is 4. The summed E-state index contributed by atoms with van der Waals surface area (Å²) in [6.45, 7) is 6.41. The van der Waals surface area contributed by atoms with Gasteiger partial charge in [0.05, 0.1) is 25.7 Å². The summed E-state index contributed by atoms with van der Waals surface area (Å²) in [6.07, 6.45) is -2.21. The van der Waals surface area contributed by atoms with E-state index in [4.69, 9.17) is 27.3 Å². The Morgan fingerprint density at radius 2 is 1.04 bits per heavy atom. The van der Waals surface area contributed by atoms with Crippen LogP contribution in [0.1, 0.15) is 27.7 Å². The molecular weight excluding hydrogens is 392 g/mol. The number of rotatable bonds is 5. The topological polar surface area (TPSA) is 124 Å². The zero-order valence-electron chi connectivity index (χ0n) is 15.6. The lowest BCUT2D eigenvalue weighted by molar-refractivity contribution is -0.366. The third-order valence-corrected chi connectivity index (χ3v) is 4.88. The third-order valence-electron chi connectivity index (χ3n) is 3.68. The van der Waals surface area contributed by atoms with E-state index in [1.54, 1.807) is 27.7 Å². The van der Waals surface area contributed by atoms with E-state index in [0.29, 0.717) is 0 Å². The summed E-state index contributed by atoms with van der Waals surface area (Å²) in [5, 5.41) is 0. The van der Waals surface area contributed by atoms with E-state index in [2.05, 4.69) is 0 Å². The van der Waals surface area contributed by atoms with Gasteiger partial charge in [0, 0.05) is 0 Å². The van der Waals surface area contributed by atoms with E-state index >= 15 is 0 Å². The van der Waals surface area contributed by atoms with E-state index in [1.165, 1.54) is 0 Å². The zero-order valence-corrected chi connectivity index (χ0v) is 17.3. The van der Waals surface area contributed by atoms with Crippen molar-refractivity contribution in [3.05, 3.63) is 0 Å². The molecule has 12 heteroatoms. The Bertz CT molecular complexity index is 650. The van der Waals surface area contributed by atoms with Crippen LogP contribution in [0.25, 0.3) is 0 Å². The van der Waals surface area contributed by atoms with Crippen LogP contribution in [0.2, 0.25) is 0 Å². The van der Waals surface area contributed by atoms with Crippen molar-refractivity contribution in [2.24, 2.45) is 0 Å². The van der Waals surface area contributed by atoms with Gasteiger partial charge >= 0.3 is 0 Å². The first-order valence-electron chi connectivity index (χ1n) is 7.97. The summed E-state index contributed by atoms with van der Waals surface area (Å²) < 4.78 is 79.2. The standard InChI is InChI=1S/C14H26O10S2/c1-13(2)19-7-9(23-25(5,15)16)11(21-13)12-10(24-26(6,17)18)8-20-14(3,4)22-12/h9-12H,7-8H2,1-6H3/t9-,10-,11-,12-/m1/s1. The fourth-order valence-corrected chi connectivity index (χ4v) is 4.03. The molecule has 0 spiro atoms. The molecule has 2 aliphatic rings. The normalized spacial score (nSPS) is 35.2. The molecule has 0 amide bonds. The largest absolute Gasteiger partial charge is 0.348 e. The van der Waals surface area contributed by atoms with Crippen molar-refractivity contribution in [2.75, 3.05) is 25.7 Å². The first kappa shape index (κ1) is 22.0. The molecule has 154 valence electrons. The second-order valence-corrected chi connectivity index (χ2v) is 10.5. The Morgan fingerprint density at radius 1 is 0.731 bits per heavy atom. The van der Waals surface area contributed by atoms with Gasteiger partial charge in [-0.2, -0.15) is 16.8 Å². The zero-order chi connectivity index (χ0) is 20.0. The molecule has 2 saturated heterocycles. The quantitative estimate of drug-likeness (QED) is 0.563. The predicted octanol–water partition coefficient (Wildman–Crippen LogP) is -0.0210. The van der Waals surface area contributed by atoms with Gasteiger partial charge in [0.1, 0.15) is 24.4 Å². The van der Waals surface area contributed by atoms with Gasteiger partial charge in [-0.05, 0) is 27.7 Å². The fourth-order valence-electron chi connectivity index (χ4n) is 2.80. The summed E-state index contributed by atoms with van der Waals surface area (Å²) in [5.74, 6) is -2.10. The number of hydrogen-bond donors (Lipinski definition) is 0. The highest BCUT2D eigenvalue weighted by molar-refractivity contribution is 7.86. The smallest absolute Gasteiger partial charge is 0.264 e. The summed E-state index contributed by atoms with van der Waals surface area (Å²) in [5.41, 5.74) is 0. The lowest BCUT2D eigenvalue weighted by Gasteiger charge is -2.48. The van der Waals surface area contributed by atoms with Crippen LogP contribution in [0, 0.1) is 0 Å². The van der Waals surface area contributed by atoms with Crippen LogP contribution in [0.3, 0.4) is 0 Å². The molecule has 0 unspecified atom stereocenters. The summed E-state index contributed by atoms with van der Waals surface area (Å²) in [6, 6.07) is 0. The lowest BCUT2D eigenvalue weighted by atomic mass is 10.00. The Labute approximate surface area is 154 Å². The van der Waals surface area contributed by atoms with Gasteiger partial charge in [0.2, 0.25) is 0 Å². The maximum Gasteiger partial charge on any atom is 0.264 e. The summed E-state index contributed by atoms with van der Waals surface area (Å²) >= 11 is 0. The Morgan fingerprint density at radius 3 is 1.31 bits per heavy atom. The van der Waals surface area contributed by atoms with Crippen LogP contribution in [0.4, 0.5) is 0 Å². The number of hydrogen-bond acceptors (Lipinski definition) is 10. The Kier molecular flexibility index (Phi) is 6.12. The summed E-state index contributed by atoms with van der Waals surface area (Å²) in [4.78, 5) is 0. The highest BCUT2D eigenvalue weighted by atomic mass is 32.2. The second kappa shape index (κ2) is 7.24. The molecule has 0 aromatic carbocycles. The molecule has 2 fully saturated rings. The van der Waals surface area contributed by atoms with E-state index in [-0.39, 0.29) is 13.2 Å². The van der Waals surface area contributed by atoms with Crippen LogP contribution in [0.5, 0.6) is 0 Å². The minimum absolute atomic E-state index is 0.0858. The maximum atomic E-state index is 11.6. The second-order valence-electron chi connectivity index (χ2n) is 7.26. The molecule has 0 aromatic rings. The van der Waals surface area contributed by atoms with Gasteiger partial charge in [-0.25, -0.2) is 0 Å². The van der Waals surface area contributed by atoms with Crippen molar-refractivity contribution in [2.45, 2.75) is 63.7 Å². The van der Waals surface area contributed by atoms with E-state index in [1.807, 2.05) is 0 Å². The van der Waals surface area contributed by atoms with E-state index in [0.717, 1.165) is 12.5 Å². The molecule has 0 N–H and O–H groups in total. The Balaban J connectivity index is 2.36. The first-order valence-corrected chi connectivity index (χ1v) is 11.6. The van der Waals surface area contributed by atoms with Gasteiger partial charge in [0.25, 0.3) is 20.2 Å². The lowest BCUT2D eigenvalue weighted by Crippen LogP contribution is -2.63. The van der Waals surface area contributed by atoms with Gasteiger partial charge in [0.15, 0.2) is 11.6 Å². The van der Waals surface area contributed by atoms with Crippen molar-refractivity contribution in [1.29, 1.82) is 0 Å². The molecule has 0 aliphatic carbocycles. The predicted molar refractivity (Wildman–Crippen MR) is 89.2 cm³/mol. The van der Waals surface area contributed by atoms with Crippen LogP contribution < -0.4 is 0 Å². The van der Waals surface area contributed by atoms with Crippen molar-refractivity contribution in [1.82, 2.24) is 0 Å². The van der Waals surface area contributed by atoms with Crippen LogP contribution >= 0.6 is 0 Å². The van der Waals surface area contributed by atoms with Crippen LogP contribution in [0.15, 0.2) is 0 Å². The van der Waals surface area contributed by atoms with E-state index in [9.17, 15) is 16.8 Å². The monoisotopic (exact) mass is 418 g/mol. The van der Waals surface area contributed by atoms with Crippen LogP contribution in [-0.2, 0) is 47.5 Å². The molecule has 2 heterocycles. The molecule has 10 nitrogen and oxygen atoms in total. The maximum absolute atomic E-state index is 11.6. The molecule has 0 saturated carbocycles. The molecule has 0 aromatic heterocycles. The molecular formula is C14H26O10S2. The van der Waals surface area contributed by atoms with Gasteiger partial charge in [-0.3, -0.25) is 8.37 Å². The molecule has 0 radical (unpaired) electrons. The fraction of sp³-hybridized carbons (Fsp3) is 1.00. The van der Waals surface area contributed by atoms with Gasteiger partial charge < -0.3 is 18.9 Å². The molecule has 2 rings (SSSR count). The van der Waals surface area contributed by atoms with Crippen molar-refractivity contribution < 1.29 is 44.1 Å². The van der Waals surface area contributed by atoms with Crippen molar-refractivity contribution in [3.8, 4) is 0 Å². The summed E-state index contributed by atoms with van der Waals surface area (Å²) in [7, 11) is -7.64. The highest BCUT2D eigenvalue weighted by Crippen LogP contribution is 2.34. The third kappa shape index (κ3) is 6.37. The van der Waals surface area contributed by atoms with E-state index < -0.39 is 56.2 Å². The first-order chi connectivity index (χ1) is 11.6. The van der Waals surface area contributed by atoms with Gasteiger partial charge in [-0.1, -0.05) is 0 Å². The van der Waals surface area contributed by atoms with Crippen LogP contribution in [-0.4, -0.2) is 78.6 Å². The molecule has 4 atom stereocenters. The minimum atomic E-state index is -3.82. The highest BCUT2D eigenvalue weighted by Gasteiger charge is 2.51. The van der Waals surface area contributed by atoms with Crippen molar-refractivity contribution in [3.63, 3.8) is 0 Å². The van der Waals surface area contributed by atoms with Crippen molar-refractivity contribution >= 4 is 20.2 Å². The molecule has 0 bridgehead atoms. The van der Waals surface area contributed by atoms with Gasteiger partial charge in [-0.15, -0.1) is 0 Å². The SMILES string of the molecule is CC1(C)OC[C@@H](OS(C)(=O)=O)[C@H]([C@@H]2OC(C)(C)OC[C@H]2OS(C)(=O)=O)O1. The average molecular weight is 418 g/mol.